The maximum Gasteiger partial charge on any atom is 0.320 e. The summed E-state index contributed by atoms with van der Waals surface area (Å²) < 4.78 is 5.15. The molecule has 6 heteroatoms. The quantitative estimate of drug-likeness (QED) is 0.750. The van der Waals surface area contributed by atoms with Crippen molar-refractivity contribution in [2.45, 2.75) is 30.6 Å². The number of benzene rings is 1. The van der Waals surface area contributed by atoms with Gasteiger partial charge in [-0.15, -0.1) is 0 Å². The van der Waals surface area contributed by atoms with Gasteiger partial charge < -0.3 is 15.2 Å². The Kier molecular flexibility index (Phi) is 3.31. The number of carbonyl (C=O) groups is 1. The molecule has 0 amide bonds. The van der Waals surface area contributed by atoms with Crippen LogP contribution in [0, 0.1) is 0 Å². The van der Waals surface area contributed by atoms with Crippen LogP contribution in [0.4, 0.5) is 0 Å². The fourth-order valence-electron chi connectivity index (χ4n) is 2.87. The first-order valence-electron chi connectivity index (χ1n) is 6.59. The molecule has 20 heavy (non-hydrogen) atoms. The van der Waals surface area contributed by atoms with Gasteiger partial charge in [0, 0.05) is 0 Å². The van der Waals surface area contributed by atoms with Crippen molar-refractivity contribution in [3.63, 3.8) is 0 Å². The summed E-state index contributed by atoms with van der Waals surface area (Å²) in [5.41, 5.74) is 1.02. The number of piperidine rings is 1. The predicted octanol–water partition coefficient (Wildman–Crippen LogP) is 0.552. The third-order valence-corrected chi connectivity index (χ3v) is 3.93. The molecule has 0 radical (unpaired) electrons. The summed E-state index contributed by atoms with van der Waals surface area (Å²) in [7, 11) is 1.62. The molecule has 1 fully saturated rings. The zero-order valence-electron chi connectivity index (χ0n) is 11.1. The lowest BCUT2D eigenvalue weighted by molar-refractivity contribution is -0.140. The Hall–Kier alpha value is -2.08. The average molecular weight is 275 g/mol. The lowest BCUT2D eigenvalue weighted by Gasteiger charge is -2.37. The minimum atomic E-state index is -0.823. The van der Waals surface area contributed by atoms with Crippen molar-refractivity contribution < 1.29 is 14.6 Å². The molecule has 0 bridgehead atoms. The van der Waals surface area contributed by atoms with Crippen LogP contribution >= 0.6 is 0 Å². The number of ether oxygens (including phenoxy) is 1. The van der Waals surface area contributed by atoms with E-state index in [0.717, 1.165) is 11.3 Å². The van der Waals surface area contributed by atoms with Crippen LogP contribution in [-0.4, -0.2) is 42.6 Å². The number of hydrogen-bond acceptors (Lipinski definition) is 5. The second kappa shape index (κ2) is 5.13. The lowest BCUT2D eigenvalue weighted by atomic mass is 9.86. The molecule has 1 aromatic carbocycles. The summed E-state index contributed by atoms with van der Waals surface area (Å²) >= 11 is 0. The SMILES string of the molecule is COc1ccc(C2NC(C(=O)O)CC3NC=NC32)cc1. The Morgan fingerprint density at radius 2 is 2.15 bits per heavy atom. The number of nitrogens with zero attached hydrogens (tertiary/aromatic N) is 1. The molecule has 2 aliphatic heterocycles. The van der Waals surface area contributed by atoms with Crippen LogP contribution in [-0.2, 0) is 4.79 Å². The molecule has 6 nitrogen and oxygen atoms in total. The number of aliphatic imine (C=N–C) groups is 1. The monoisotopic (exact) mass is 275 g/mol. The van der Waals surface area contributed by atoms with Crippen molar-refractivity contribution >= 4 is 12.3 Å². The van der Waals surface area contributed by atoms with E-state index in [2.05, 4.69) is 15.6 Å². The highest BCUT2D eigenvalue weighted by atomic mass is 16.5. The van der Waals surface area contributed by atoms with E-state index in [9.17, 15) is 9.90 Å². The second-order valence-electron chi connectivity index (χ2n) is 5.09. The van der Waals surface area contributed by atoms with E-state index >= 15 is 0 Å². The van der Waals surface area contributed by atoms with Crippen LogP contribution in [0.5, 0.6) is 5.75 Å². The zero-order chi connectivity index (χ0) is 14.1. The van der Waals surface area contributed by atoms with Gasteiger partial charge in [0.25, 0.3) is 0 Å². The van der Waals surface area contributed by atoms with Crippen molar-refractivity contribution in [2.75, 3.05) is 7.11 Å². The van der Waals surface area contributed by atoms with E-state index in [1.54, 1.807) is 13.4 Å². The second-order valence-corrected chi connectivity index (χ2v) is 5.09. The van der Waals surface area contributed by atoms with E-state index in [-0.39, 0.29) is 18.1 Å². The van der Waals surface area contributed by atoms with Crippen LogP contribution < -0.4 is 15.4 Å². The molecule has 2 aliphatic rings. The number of methoxy groups -OCH3 is 1. The number of hydrogen-bond donors (Lipinski definition) is 3. The molecule has 0 saturated carbocycles. The highest BCUT2D eigenvalue weighted by Gasteiger charge is 2.42. The van der Waals surface area contributed by atoms with Gasteiger partial charge in [0.05, 0.1) is 31.6 Å². The van der Waals surface area contributed by atoms with Crippen LogP contribution in [0.3, 0.4) is 0 Å². The van der Waals surface area contributed by atoms with E-state index in [4.69, 9.17) is 4.74 Å². The van der Waals surface area contributed by atoms with Gasteiger partial charge in [0.2, 0.25) is 0 Å². The number of aliphatic carboxylic acids is 1. The number of carboxylic acid groups (broad SMARTS) is 1. The number of rotatable bonds is 3. The molecule has 106 valence electrons. The van der Waals surface area contributed by atoms with E-state index < -0.39 is 12.0 Å². The fraction of sp³-hybridized carbons (Fsp3) is 0.429. The molecule has 4 unspecified atom stereocenters. The molecular weight excluding hydrogens is 258 g/mol. The van der Waals surface area contributed by atoms with E-state index in [0.29, 0.717) is 6.42 Å². The number of nitrogens with one attached hydrogen (secondary N) is 2. The normalized spacial score (nSPS) is 31.4. The highest BCUT2D eigenvalue weighted by molar-refractivity contribution is 5.74. The maximum atomic E-state index is 11.3. The van der Waals surface area contributed by atoms with Gasteiger partial charge in [-0.3, -0.25) is 15.1 Å². The standard InChI is InChI=1S/C14H17N3O3/c1-20-9-4-2-8(3-5-9)12-13-10(15-7-16-13)6-11(17-12)14(18)19/h2-5,7,10-13,17H,6H2,1H3,(H,15,16)(H,18,19). The lowest BCUT2D eigenvalue weighted by Crippen LogP contribution is -2.55. The maximum absolute atomic E-state index is 11.3. The topological polar surface area (TPSA) is 83.0 Å². The molecular formula is C14H17N3O3. The summed E-state index contributed by atoms with van der Waals surface area (Å²) in [6, 6.07) is 7.09. The van der Waals surface area contributed by atoms with E-state index in [1.165, 1.54) is 0 Å². The van der Waals surface area contributed by atoms with E-state index in [1.807, 2.05) is 24.3 Å². The first-order chi connectivity index (χ1) is 9.69. The van der Waals surface area contributed by atoms with Gasteiger partial charge in [0.1, 0.15) is 11.8 Å². The van der Waals surface area contributed by atoms with Gasteiger partial charge in [-0.1, -0.05) is 12.1 Å². The van der Waals surface area contributed by atoms with Crippen molar-refractivity contribution in [3.05, 3.63) is 29.8 Å². The number of fused-ring (bicyclic) bond motifs is 1. The summed E-state index contributed by atoms with van der Waals surface area (Å²) in [5, 5.41) is 15.6. The van der Waals surface area contributed by atoms with Crippen LogP contribution in [0.25, 0.3) is 0 Å². The summed E-state index contributed by atoms with van der Waals surface area (Å²) in [4.78, 5) is 15.7. The summed E-state index contributed by atoms with van der Waals surface area (Å²) in [6.45, 7) is 0. The van der Waals surface area contributed by atoms with Crippen LogP contribution in [0.15, 0.2) is 29.3 Å². The Labute approximate surface area is 116 Å². The van der Waals surface area contributed by atoms with Gasteiger partial charge >= 0.3 is 5.97 Å². The Bertz CT molecular complexity index is 529. The predicted molar refractivity (Wildman–Crippen MR) is 74.1 cm³/mol. The first-order valence-corrected chi connectivity index (χ1v) is 6.59. The minimum absolute atomic E-state index is 0.0268. The highest BCUT2D eigenvalue weighted by Crippen LogP contribution is 2.31. The summed E-state index contributed by atoms with van der Waals surface area (Å²) in [5.74, 6) is -0.0420. The van der Waals surface area contributed by atoms with Crippen molar-refractivity contribution in [1.82, 2.24) is 10.6 Å². The molecule has 0 aromatic heterocycles. The summed E-state index contributed by atoms with van der Waals surface area (Å²) in [6.07, 6.45) is 2.21. The molecule has 0 aliphatic carbocycles. The molecule has 3 rings (SSSR count). The third-order valence-electron chi connectivity index (χ3n) is 3.93. The Balaban J connectivity index is 1.87. The van der Waals surface area contributed by atoms with Crippen LogP contribution in [0.2, 0.25) is 0 Å². The van der Waals surface area contributed by atoms with Crippen molar-refractivity contribution in [1.29, 1.82) is 0 Å². The smallest absolute Gasteiger partial charge is 0.320 e. The first kappa shape index (κ1) is 12.9. The van der Waals surface area contributed by atoms with Gasteiger partial charge in [-0.25, -0.2) is 0 Å². The molecule has 3 N–H and O–H groups in total. The van der Waals surface area contributed by atoms with Crippen molar-refractivity contribution in [3.8, 4) is 5.75 Å². The van der Waals surface area contributed by atoms with Gasteiger partial charge in [0.15, 0.2) is 0 Å². The zero-order valence-corrected chi connectivity index (χ0v) is 11.1. The molecule has 4 atom stereocenters. The minimum Gasteiger partial charge on any atom is -0.497 e. The Morgan fingerprint density at radius 3 is 2.80 bits per heavy atom. The molecule has 1 aromatic rings. The molecule has 0 spiro atoms. The molecule has 1 saturated heterocycles. The van der Waals surface area contributed by atoms with Crippen LogP contribution in [0.1, 0.15) is 18.0 Å². The van der Waals surface area contributed by atoms with Crippen molar-refractivity contribution in [2.24, 2.45) is 4.99 Å². The van der Waals surface area contributed by atoms with Gasteiger partial charge in [-0.05, 0) is 24.1 Å². The average Bonchev–Trinajstić information content (AvgIpc) is 2.94. The largest absolute Gasteiger partial charge is 0.497 e. The third kappa shape index (κ3) is 2.22. The number of carboxylic acids is 1. The Morgan fingerprint density at radius 1 is 1.40 bits per heavy atom. The fourth-order valence-corrected chi connectivity index (χ4v) is 2.87. The van der Waals surface area contributed by atoms with Gasteiger partial charge in [-0.2, -0.15) is 0 Å². The molecule has 2 heterocycles.